The zero-order chi connectivity index (χ0) is 14.5. The van der Waals surface area contributed by atoms with Crippen molar-refractivity contribution in [3.63, 3.8) is 0 Å². The first-order chi connectivity index (χ1) is 9.61. The molecule has 0 fully saturated rings. The first-order valence-corrected chi connectivity index (χ1v) is 7.30. The quantitative estimate of drug-likeness (QED) is 0.879. The van der Waals surface area contributed by atoms with Gasteiger partial charge in [0.15, 0.2) is 0 Å². The van der Waals surface area contributed by atoms with Crippen molar-refractivity contribution in [2.45, 2.75) is 32.9 Å². The van der Waals surface area contributed by atoms with Crippen molar-refractivity contribution in [2.24, 2.45) is 5.73 Å². The number of benzene rings is 1. The van der Waals surface area contributed by atoms with E-state index in [4.69, 9.17) is 21.8 Å². The van der Waals surface area contributed by atoms with Crippen molar-refractivity contribution in [1.82, 2.24) is 0 Å². The Morgan fingerprint density at radius 3 is 2.70 bits per heavy atom. The predicted octanol–water partition coefficient (Wildman–Crippen LogP) is 3.85. The van der Waals surface area contributed by atoms with Crippen molar-refractivity contribution >= 4 is 17.3 Å². The highest BCUT2D eigenvalue weighted by Crippen LogP contribution is 2.31. The largest absolute Gasteiger partial charge is 0.467 e. The number of hydrogen-bond donors (Lipinski definition) is 1. The summed E-state index contributed by atoms with van der Waals surface area (Å²) < 4.78 is 5.44. The van der Waals surface area contributed by atoms with E-state index >= 15 is 0 Å². The molecule has 1 atom stereocenters. The van der Waals surface area contributed by atoms with Gasteiger partial charge in [-0.3, -0.25) is 0 Å². The second-order valence-corrected chi connectivity index (χ2v) is 5.43. The first kappa shape index (κ1) is 14.9. The molecule has 1 aromatic heterocycles. The lowest BCUT2D eigenvalue weighted by Crippen LogP contribution is -2.25. The van der Waals surface area contributed by atoms with E-state index in [0.29, 0.717) is 6.54 Å². The number of hydrogen-bond acceptors (Lipinski definition) is 3. The molecule has 2 aromatic rings. The highest BCUT2D eigenvalue weighted by atomic mass is 35.5. The number of halogens is 1. The number of nitrogens with two attached hydrogens (primary N) is 1. The van der Waals surface area contributed by atoms with Crippen LogP contribution in [0, 0.1) is 0 Å². The predicted molar refractivity (Wildman–Crippen MR) is 84.2 cm³/mol. The molecule has 0 radical (unpaired) electrons. The van der Waals surface area contributed by atoms with Gasteiger partial charge in [0.25, 0.3) is 0 Å². The fourth-order valence-corrected chi connectivity index (χ4v) is 2.68. The highest BCUT2D eigenvalue weighted by Gasteiger charge is 2.16. The Morgan fingerprint density at radius 2 is 2.10 bits per heavy atom. The lowest BCUT2D eigenvalue weighted by molar-refractivity contribution is 0.503. The maximum atomic E-state index is 6.41. The fourth-order valence-electron chi connectivity index (χ4n) is 2.37. The van der Waals surface area contributed by atoms with Crippen LogP contribution in [-0.4, -0.2) is 12.6 Å². The van der Waals surface area contributed by atoms with Crippen LogP contribution in [0.1, 0.15) is 25.2 Å². The normalized spacial score (nSPS) is 12.4. The number of para-hydroxylation sites is 1. The summed E-state index contributed by atoms with van der Waals surface area (Å²) in [6.07, 6.45) is 2.50. The smallest absolute Gasteiger partial charge is 0.123 e. The zero-order valence-corrected chi connectivity index (χ0v) is 12.7. The van der Waals surface area contributed by atoms with E-state index in [-0.39, 0.29) is 6.04 Å². The summed E-state index contributed by atoms with van der Waals surface area (Å²) >= 11 is 6.41. The molecule has 108 valence electrons. The summed E-state index contributed by atoms with van der Waals surface area (Å²) in [5, 5.41) is 0.761. The number of nitrogens with zero attached hydrogens (tertiary/aromatic N) is 1. The van der Waals surface area contributed by atoms with Crippen molar-refractivity contribution in [1.29, 1.82) is 0 Å². The standard InChI is InChI=1S/C16H21ClN2O/c1-3-19(11-14-7-5-9-20-14)16-13(10-12(2)18)6-4-8-15(16)17/h4-9,12H,3,10-11,18H2,1-2H3. The monoisotopic (exact) mass is 292 g/mol. The Labute approximate surface area is 125 Å². The van der Waals surface area contributed by atoms with Gasteiger partial charge in [0, 0.05) is 12.6 Å². The van der Waals surface area contributed by atoms with E-state index < -0.39 is 0 Å². The molecular formula is C16H21ClN2O. The molecule has 0 amide bonds. The van der Waals surface area contributed by atoms with Crippen molar-refractivity contribution in [2.75, 3.05) is 11.4 Å². The molecule has 0 aliphatic rings. The Hall–Kier alpha value is -1.45. The SMILES string of the molecule is CCN(Cc1ccco1)c1c(Cl)cccc1CC(C)N. The van der Waals surface area contributed by atoms with Crippen LogP contribution in [0.2, 0.25) is 5.02 Å². The maximum absolute atomic E-state index is 6.41. The molecule has 1 unspecified atom stereocenters. The van der Waals surface area contributed by atoms with E-state index in [1.54, 1.807) is 6.26 Å². The number of furan rings is 1. The minimum atomic E-state index is 0.106. The molecule has 0 spiro atoms. The molecule has 0 aliphatic heterocycles. The first-order valence-electron chi connectivity index (χ1n) is 6.92. The highest BCUT2D eigenvalue weighted by molar-refractivity contribution is 6.33. The van der Waals surface area contributed by atoms with Crippen molar-refractivity contribution < 1.29 is 4.42 Å². The van der Waals surface area contributed by atoms with E-state index in [9.17, 15) is 0 Å². The topological polar surface area (TPSA) is 42.4 Å². The number of rotatable bonds is 6. The molecule has 0 saturated heterocycles. The van der Waals surface area contributed by atoms with Gasteiger partial charge in [-0.05, 0) is 44.0 Å². The van der Waals surface area contributed by atoms with E-state index in [1.165, 1.54) is 5.56 Å². The van der Waals surface area contributed by atoms with Gasteiger partial charge in [-0.1, -0.05) is 23.7 Å². The molecule has 20 heavy (non-hydrogen) atoms. The van der Waals surface area contributed by atoms with Gasteiger partial charge in [0.2, 0.25) is 0 Å². The summed E-state index contributed by atoms with van der Waals surface area (Å²) in [7, 11) is 0. The summed E-state index contributed by atoms with van der Waals surface area (Å²) in [5.74, 6) is 0.929. The maximum Gasteiger partial charge on any atom is 0.123 e. The van der Waals surface area contributed by atoms with Gasteiger partial charge >= 0.3 is 0 Å². The molecule has 0 bridgehead atoms. The van der Waals surface area contributed by atoms with Crippen LogP contribution in [0.5, 0.6) is 0 Å². The average Bonchev–Trinajstić information content (AvgIpc) is 2.89. The molecule has 3 nitrogen and oxygen atoms in total. The van der Waals surface area contributed by atoms with Gasteiger partial charge in [0.05, 0.1) is 23.5 Å². The van der Waals surface area contributed by atoms with Gasteiger partial charge in [-0.15, -0.1) is 0 Å². The van der Waals surface area contributed by atoms with E-state index in [1.807, 2.05) is 31.2 Å². The lowest BCUT2D eigenvalue weighted by atomic mass is 10.0. The summed E-state index contributed by atoms with van der Waals surface area (Å²) in [4.78, 5) is 2.22. The molecule has 1 aromatic carbocycles. The lowest BCUT2D eigenvalue weighted by Gasteiger charge is -2.26. The molecular weight excluding hydrogens is 272 g/mol. The van der Waals surface area contributed by atoms with Crippen molar-refractivity contribution in [3.8, 4) is 0 Å². The van der Waals surface area contributed by atoms with Crippen LogP contribution in [0.4, 0.5) is 5.69 Å². The fraction of sp³-hybridized carbons (Fsp3) is 0.375. The minimum Gasteiger partial charge on any atom is -0.467 e. The van der Waals surface area contributed by atoms with Gasteiger partial charge < -0.3 is 15.1 Å². The average molecular weight is 293 g/mol. The molecule has 2 rings (SSSR count). The van der Waals surface area contributed by atoms with Gasteiger partial charge in [-0.25, -0.2) is 0 Å². The van der Waals surface area contributed by atoms with E-state index in [0.717, 1.165) is 29.4 Å². The third-order valence-corrected chi connectivity index (χ3v) is 3.54. The van der Waals surface area contributed by atoms with E-state index in [2.05, 4.69) is 17.9 Å². The van der Waals surface area contributed by atoms with Gasteiger partial charge in [-0.2, -0.15) is 0 Å². The Bertz CT molecular complexity index is 537. The van der Waals surface area contributed by atoms with Crippen LogP contribution in [-0.2, 0) is 13.0 Å². The second-order valence-electron chi connectivity index (χ2n) is 5.02. The minimum absolute atomic E-state index is 0.106. The number of anilines is 1. The second kappa shape index (κ2) is 6.82. The third-order valence-electron chi connectivity index (χ3n) is 3.24. The molecule has 2 N–H and O–H groups in total. The third kappa shape index (κ3) is 3.56. The molecule has 0 aliphatic carbocycles. The Balaban J connectivity index is 2.32. The van der Waals surface area contributed by atoms with Crippen LogP contribution >= 0.6 is 11.6 Å². The van der Waals surface area contributed by atoms with Crippen molar-refractivity contribution in [3.05, 3.63) is 52.9 Å². The summed E-state index contributed by atoms with van der Waals surface area (Å²) in [6, 6.07) is 9.98. The molecule has 0 saturated carbocycles. The van der Waals surface area contributed by atoms with Crippen LogP contribution in [0.15, 0.2) is 41.0 Å². The zero-order valence-electron chi connectivity index (χ0n) is 12.0. The van der Waals surface area contributed by atoms with Gasteiger partial charge in [0.1, 0.15) is 5.76 Å². The Kier molecular flexibility index (Phi) is 5.10. The summed E-state index contributed by atoms with van der Waals surface area (Å²) in [5.41, 5.74) is 8.18. The molecule has 1 heterocycles. The molecule has 4 heteroatoms. The van der Waals surface area contributed by atoms with Crippen LogP contribution < -0.4 is 10.6 Å². The van der Waals surface area contributed by atoms with Crippen LogP contribution in [0.3, 0.4) is 0 Å². The Morgan fingerprint density at radius 1 is 1.30 bits per heavy atom. The summed E-state index contributed by atoms with van der Waals surface area (Å²) in [6.45, 7) is 5.69. The van der Waals surface area contributed by atoms with Crippen LogP contribution in [0.25, 0.3) is 0 Å².